The molecule has 1 aliphatic heterocycles. The van der Waals surface area contributed by atoms with Crippen LogP contribution in [0.25, 0.3) is 0 Å². The minimum Gasteiger partial charge on any atom is -0.384 e. The van der Waals surface area contributed by atoms with E-state index in [0.717, 1.165) is 17.8 Å². The van der Waals surface area contributed by atoms with Gasteiger partial charge in [0, 0.05) is 17.8 Å². The molecule has 0 bridgehead atoms. The Hall–Kier alpha value is -1.68. The number of nitrogen functional groups attached to an aromatic ring is 1. The zero-order valence-corrected chi connectivity index (χ0v) is 10.7. The van der Waals surface area contributed by atoms with Crippen molar-refractivity contribution in [3.63, 3.8) is 0 Å². The van der Waals surface area contributed by atoms with Crippen LogP contribution < -0.4 is 11.1 Å². The van der Waals surface area contributed by atoms with E-state index in [1.807, 2.05) is 24.3 Å². The van der Waals surface area contributed by atoms with E-state index in [2.05, 4.69) is 29.1 Å². The summed E-state index contributed by atoms with van der Waals surface area (Å²) in [6.45, 7) is 0.884. The Bertz CT molecular complexity index is 474. The number of benzene rings is 1. The molecule has 1 aliphatic rings. The molecule has 4 N–H and O–H groups in total. The highest BCUT2D eigenvalue weighted by Gasteiger charge is 2.05. The van der Waals surface area contributed by atoms with Gasteiger partial charge in [-0.15, -0.1) is 0 Å². The van der Waals surface area contributed by atoms with Crippen molar-refractivity contribution in [1.82, 2.24) is 0 Å². The fourth-order valence-electron chi connectivity index (χ4n) is 1.64. The summed E-state index contributed by atoms with van der Waals surface area (Å²) in [5.41, 5.74) is 7.22. The van der Waals surface area contributed by atoms with Crippen molar-refractivity contribution < 1.29 is 0 Å². The van der Waals surface area contributed by atoms with Crippen molar-refractivity contribution in [2.24, 2.45) is 5.73 Å². The molecule has 90 valence electrons. The SMILES string of the molecule is C[SH]1C=CC=C1CNc1ccc(C(=N)N)cc1. The topological polar surface area (TPSA) is 61.9 Å². The number of nitrogens with two attached hydrogens (primary N) is 1. The Morgan fingerprint density at radius 2 is 2.06 bits per heavy atom. The van der Waals surface area contributed by atoms with Gasteiger partial charge in [-0.25, -0.2) is 10.9 Å². The van der Waals surface area contributed by atoms with Gasteiger partial charge in [0.15, 0.2) is 0 Å². The third-order valence-electron chi connectivity index (χ3n) is 2.72. The standard InChI is InChI=1S/C13H17N3S/c1-17-8-2-3-12(17)9-16-11-6-4-10(5-7-11)13(14)15/h2-8,16-17H,9H2,1H3,(H3,14,15). The number of allylic oxidation sites excluding steroid dienone is 2. The van der Waals surface area contributed by atoms with Gasteiger partial charge in [-0.1, -0.05) is 12.2 Å². The molecule has 2 rings (SSSR count). The third-order valence-corrected chi connectivity index (χ3v) is 4.55. The molecule has 1 aromatic rings. The monoisotopic (exact) mass is 247 g/mol. The predicted molar refractivity (Wildman–Crippen MR) is 78.1 cm³/mol. The van der Waals surface area contributed by atoms with Gasteiger partial charge in [-0.2, -0.15) is 0 Å². The average molecular weight is 247 g/mol. The smallest absolute Gasteiger partial charge is 0.122 e. The maximum Gasteiger partial charge on any atom is 0.122 e. The fraction of sp³-hybridized carbons (Fsp3) is 0.154. The predicted octanol–water partition coefficient (Wildman–Crippen LogP) is 2.42. The second-order valence-electron chi connectivity index (χ2n) is 3.96. The van der Waals surface area contributed by atoms with E-state index >= 15 is 0 Å². The summed E-state index contributed by atoms with van der Waals surface area (Å²) in [5, 5.41) is 12.9. The van der Waals surface area contributed by atoms with Crippen molar-refractivity contribution in [3.05, 3.63) is 52.3 Å². The fourth-order valence-corrected chi connectivity index (χ4v) is 2.83. The minimum absolute atomic E-state index is 0.0773. The molecule has 4 heteroatoms. The first-order valence-corrected chi connectivity index (χ1v) is 7.31. The molecule has 0 radical (unpaired) electrons. The molecule has 3 nitrogen and oxygen atoms in total. The molecular weight excluding hydrogens is 230 g/mol. The van der Waals surface area contributed by atoms with E-state index in [4.69, 9.17) is 11.1 Å². The first kappa shape index (κ1) is 11.8. The van der Waals surface area contributed by atoms with E-state index in [-0.39, 0.29) is 16.7 Å². The molecule has 0 aliphatic carbocycles. The summed E-state index contributed by atoms with van der Waals surface area (Å²) >= 11 is 0. The quantitative estimate of drug-likeness (QED) is 0.375. The van der Waals surface area contributed by atoms with Crippen LogP contribution in [0.2, 0.25) is 0 Å². The van der Waals surface area contributed by atoms with Crippen molar-refractivity contribution >= 4 is 22.4 Å². The number of hydrogen-bond acceptors (Lipinski definition) is 2. The van der Waals surface area contributed by atoms with E-state index in [0.29, 0.717) is 0 Å². The summed E-state index contributed by atoms with van der Waals surface area (Å²) in [4.78, 5) is 1.45. The van der Waals surface area contributed by atoms with Crippen LogP contribution in [0, 0.1) is 5.41 Å². The van der Waals surface area contributed by atoms with Crippen LogP contribution in [-0.2, 0) is 0 Å². The molecule has 0 amide bonds. The van der Waals surface area contributed by atoms with Gasteiger partial charge in [0.1, 0.15) is 5.84 Å². The average Bonchev–Trinajstić information content (AvgIpc) is 2.73. The highest BCUT2D eigenvalue weighted by Crippen LogP contribution is 2.36. The lowest BCUT2D eigenvalue weighted by Gasteiger charge is -2.14. The Morgan fingerprint density at radius 1 is 1.35 bits per heavy atom. The van der Waals surface area contributed by atoms with Crippen molar-refractivity contribution in [2.45, 2.75) is 0 Å². The summed E-state index contributed by atoms with van der Waals surface area (Å²) < 4.78 is 0. The zero-order chi connectivity index (χ0) is 12.3. The molecule has 1 heterocycles. The van der Waals surface area contributed by atoms with Crippen molar-refractivity contribution in [1.29, 1.82) is 5.41 Å². The largest absolute Gasteiger partial charge is 0.384 e. The first-order chi connectivity index (χ1) is 8.16. The zero-order valence-electron chi connectivity index (χ0n) is 9.77. The number of nitrogens with one attached hydrogen (secondary N) is 2. The minimum atomic E-state index is -0.0773. The molecule has 0 fully saturated rings. The van der Waals surface area contributed by atoms with Gasteiger partial charge in [0.25, 0.3) is 0 Å². The van der Waals surface area contributed by atoms with E-state index in [1.165, 1.54) is 4.91 Å². The highest BCUT2D eigenvalue weighted by atomic mass is 32.2. The van der Waals surface area contributed by atoms with Crippen LogP contribution >= 0.6 is 10.9 Å². The number of anilines is 1. The van der Waals surface area contributed by atoms with E-state index < -0.39 is 0 Å². The van der Waals surface area contributed by atoms with Crippen LogP contribution in [-0.4, -0.2) is 18.6 Å². The van der Waals surface area contributed by atoms with Crippen molar-refractivity contribution in [2.75, 3.05) is 18.1 Å². The maximum absolute atomic E-state index is 7.31. The second kappa shape index (κ2) is 5.10. The second-order valence-corrected chi connectivity index (χ2v) is 6.05. The van der Waals surface area contributed by atoms with E-state index in [1.54, 1.807) is 0 Å². The van der Waals surface area contributed by atoms with Gasteiger partial charge in [-0.05, 0) is 40.8 Å². The molecule has 0 aromatic heterocycles. The summed E-state index contributed by atoms with van der Waals surface area (Å²) in [6.07, 6.45) is 6.56. The Kier molecular flexibility index (Phi) is 3.54. The van der Waals surface area contributed by atoms with Crippen molar-refractivity contribution in [3.8, 4) is 0 Å². The van der Waals surface area contributed by atoms with Crippen LogP contribution in [0.1, 0.15) is 5.56 Å². The third kappa shape index (κ3) is 2.91. The lowest BCUT2D eigenvalue weighted by molar-refractivity contribution is 1.31. The van der Waals surface area contributed by atoms with Gasteiger partial charge < -0.3 is 11.1 Å². The Labute approximate surface area is 104 Å². The lowest BCUT2D eigenvalue weighted by atomic mass is 10.2. The summed E-state index contributed by atoms with van der Waals surface area (Å²) in [5.74, 6) is 0.108. The van der Waals surface area contributed by atoms with Crippen LogP contribution in [0.15, 0.2) is 46.7 Å². The number of thiol groups is 1. The lowest BCUT2D eigenvalue weighted by Crippen LogP contribution is -2.11. The number of hydrogen-bond donors (Lipinski definition) is 4. The van der Waals surface area contributed by atoms with Gasteiger partial charge in [-0.3, -0.25) is 5.41 Å². The maximum atomic E-state index is 7.31. The molecule has 0 saturated heterocycles. The Balaban J connectivity index is 1.94. The van der Waals surface area contributed by atoms with Crippen LogP contribution in [0.5, 0.6) is 0 Å². The number of rotatable bonds is 4. The molecule has 17 heavy (non-hydrogen) atoms. The summed E-state index contributed by atoms with van der Waals surface area (Å²) in [6, 6.07) is 7.64. The van der Waals surface area contributed by atoms with Crippen LogP contribution in [0.3, 0.4) is 0 Å². The van der Waals surface area contributed by atoms with E-state index in [9.17, 15) is 0 Å². The number of amidine groups is 1. The van der Waals surface area contributed by atoms with Gasteiger partial charge in [0.2, 0.25) is 0 Å². The molecule has 0 saturated carbocycles. The summed E-state index contributed by atoms with van der Waals surface area (Å²) in [7, 11) is -0.0773. The highest BCUT2D eigenvalue weighted by molar-refractivity contribution is 8.22. The van der Waals surface area contributed by atoms with Gasteiger partial charge >= 0.3 is 0 Å². The van der Waals surface area contributed by atoms with Gasteiger partial charge in [0.05, 0.1) is 0 Å². The first-order valence-electron chi connectivity index (χ1n) is 5.45. The molecule has 0 spiro atoms. The molecular formula is C13H17N3S. The molecule has 1 unspecified atom stereocenters. The molecule has 1 atom stereocenters. The normalized spacial score (nSPS) is 20.1. The van der Waals surface area contributed by atoms with Crippen LogP contribution in [0.4, 0.5) is 5.69 Å². The molecule has 1 aromatic carbocycles. The Morgan fingerprint density at radius 3 is 2.59 bits per heavy atom.